The summed E-state index contributed by atoms with van der Waals surface area (Å²) in [4.78, 5) is 42.8. The first-order valence-corrected chi connectivity index (χ1v) is 6.06. The minimum Gasteiger partial charge on any atom is -0.481 e. The third kappa shape index (κ3) is 5.43. The fourth-order valence-corrected chi connectivity index (χ4v) is 1.57. The van der Waals surface area contributed by atoms with Gasteiger partial charge in [0.15, 0.2) is 0 Å². The van der Waals surface area contributed by atoms with Gasteiger partial charge >= 0.3 is 5.97 Å². The van der Waals surface area contributed by atoms with E-state index in [1.165, 1.54) is 0 Å². The molecule has 0 aromatic heterocycles. The fraction of sp³-hybridized carbons (Fsp3) is 0.286. The molecule has 0 aliphatic heterocycles. The summed E-state index contributed by atoms with van der Waals surface area (Å²) < 4.78 is 0. The van der Waals surface area contributed by atoms with Gasteiger partial charge in [-0.05, 0) is 24.1 Å². The molecule has 106 valence electrons. The number of hydrogen-bond donors (Lipinski definition) is 2. The van der Waals surface area contributed by atoms with E-state index in [1.807, 2.05) is 0 Å². The molecule has 0 radical (unpaired) electrons. The minimum atomic E-state index is -1.02. The molecule has 0 saturated heterocycles. The normalized spacial score (nSPS) is 10.1. The van der Waals surface area contributed by atoms with E-state index in [0.717, 1.165) is 5.56 Å². The van der Waals surface area contributed by atoms with Crippen molar-refractivity contribution in [3.05, 3.63) is 29.8 Å². The van der Waals surface area contributed by atoms with E-state index in [4.69, 9.17) is 5.11 Å². The zero-order valence-electron chi connectivity index (χ0n) is 10.7. The number of aliphatic carboxylic acids is 1. The second-order valence-electron chi connectivity index (χ2n) is 4.28. The molecule has 0 heterocycles. The van der Waals surface area contributed by atoms with E-state index >= 15 is 0 Å². The lowest BCUT2D eigenvalue weighted by Gasteiger charge is -2.07. The number of amides is 1. The Bertz CT molecular complexity index is 487. The van der Waals surface area contributed by atoms with Crippen LogP contribution in [0.2, 0.25) is 0 Å². The van der Waals surface area contributed by atoms with Crippen LogP contribution in [0.15, 0.2) is 24.3 Å². The van der Waals surface area contributed by atoms with Crippen LogP contribution in [0.3, 0.4) is 0 Å². The molecule has 0 unspecified atom stereocenters. The molecule has 0 bridgehead atoms. The highest BCUT2D eigenvalue weighted by Crippen LogP contribution is 2.12. The molecule has 1 aromatic rings. The summed E-state index contributed by atoms with van der Waals surface area (Å²) in [5.74, 6) is -2.06. The maximum absolute atomic E-state index is 11.4. The molecular formula is C14H15NO5. The van der Waals surface area contributed by atoms with Crippen molar-refractivity contribution in [2.45, 2.75) is 19.3 Å². The second-order valence-corrected chi connectivity index (χ2v) is 4.28. The average Bonchev–Trinajstić information content (AvgIpc) is 2.44. The Labute approximate surface area is 115 Å². The Kier molecular flexibility index (Phi) is 6.09. The Morgan fingerprint density at radius 2 is 1.70 bits per heavy atom. The van der Waals surface area contributed by atoms with Gasteiger partial charge in [0.25, 0.3) is 0 Å². The number of aldehydes is 2. The van der Waals surface area contributed by atoms with Crippen LogP contribution in [0.25, 0.3) is 0 Å². The summed E-state index contributed by atoms with van der Waals surface area (Å²) in [5.41, 5.74) is 1.34. The highest BCUT2D eigenvalue weighted by molar-refractivity contribution is 5.92. The van der Waals surface area contributed by atoms with Crippen molar-refractivity contribution in [3.63, 3.8) is 0 Å². The highest BCUT2D eigenvalue weighted by Gasteiger charge is 2.08. The molecule has 0 spiro atoms. The second kappa shape index (κ2) is 7.83. The molecular weight excluding hydrogens is 262 g/mol. The van der Waals surface area contributed by atoms with E-state index in [2.05, 4.69) is 5.32 Å². The topological polar surface area (TPSA) is 101 Å². The minimum absolute atomic E-state index is 0.0879. The summed E-state index contributed by atoms with van der Waals surface area (Å²) >= 11 is 0. The number of carboxylic acid groups (broad SMARTS) is 1. The zero-order valence-corrected chi connectivity index (χ0v) is 10.7. The molecule has 20 heavy (non-hydrogen) atoms. The number of nitrogens with one attached hydrogen (secondary N) is 1. The lowest BCUT2D eigenvalue weighted by molar-refractivity contribution is -0.138. The number of carbonyl (C=O) groups is 4. The van der Waals surface area contributed by atoms with E-state index < -0.39 is 11.9 Å². The number of benzene rings is 1. The summed E-state index contributed by atoms with van der Waals surface area (Å²) in [5, 5.41) is 11.0. The van der Waals surface area contributed by atoms with E-state index in [1.54, 1.807) is 24.3 Å². The fourth-order valence-electron chi connectivity index (χ4n) is 1.57. The van der Waals surface area contributed by atoms with Crippen LogP contribution in [0, 0.1) is 5.92 Å². The van der Waals surface area contributed by atoms with Crippen LogP contribution >= 0.6 is 0 Å². The van der Waals surface area contributed by atoms with Crippen molar-refractivity contribution in [2.75, 3.05) is 5.32 Å². The van der Waals surface area contributed by atoms with Crippen molar-refractivity contribution in [1.82, 2.24) is 0 Å². The molecule has 2 N–H and O–H groups in total. The quantitative estimate of drug-likeness (QED) is 0.546. The SMILES string of the molecule is O=CC(C=O)Cc1ccc(NC(=O)CCC(=O)O)cc1. The van der Waals surface area contributed by atoms with Gasteiger partial charge in [0.1, 0.15) is 12.6 Å². The predicted octanol–water partition coefficient (Wildman–Crippen LogP) is 1.05. The molecule has 1 rings (SSSR count). The van der Waals surface area contributed by atoms with Gasteiger partial charge in [0.05, 0.1) is 12.3 Å². The lowest BCUT2D eigenvalue weighted by atomic mass is 10.0. The lowest BCUT2D eigenvalue weighted by Crippen LogP contribution is -2.13. The van der Waals surface area contributed by atoms with Crippen LogP contribution in [-0.4, -0.2) is 29.6 Å². The van der Waals surface area contributed by atoms with Crippen LogP contribution in [0.4, 0.5) is 5.69 Å². The van der Waals surface area contributed by atoms with Crippen molar-refractivity contribution < 1.29 is 24.3 Å². The Hall–Kier alpha value is -2.50. The number of rotatable bonds is 8. The first-order chi connectivity index (χ1) is 9.55. The number of anilines is 1. The van der Waals surface area contributed by atoms with E-state index in [-0.39, 0.29) is 18.7 Å². The maximum atomic E-state index is 11.4. The smallest absolute Gasteiger partial charge is 0.303 e. The van der Waals surface area contributed by atoms with Gasteiger partial charge in [-0.15, -0.1) is 0 Å². The summed E-state index contributed by atoms with van der Waals surface area (Å²) in [6.07, 6.45) is 1.20. The van der Waals surface area contributed by atoms with Gasteiger partial charge < -0.3 is 20.0 Å². The third-order valence-electron chi connectivity index (χ3n) is 2.62. The van der Waals surface area contributed by atoms with E-state index in [0.29, 0.717) is 24.7 Å². The Morgan fingerprint density at radius 1 is 1.10 bits per heavy atom. The van der Waals surface area contributed by atoms with Crippen LogP contribution in [0.5, 0.6) is 0 Å². The van der Waals surface area contributed by atoms with Gasteiger partial charge in [0, 0.05) is 12.1 Å². The van der Waals surface area contributed by atoms with Gasteiger partial charge in [-0.1, -0.05) is 12.1 Å². The van der Waals surface area contributed by atoms with E-state index in [9.17, 15) is 19.2 Å². The molecule has 6 heteroatoms. The summed E-state index contributed by atoms with van der Waals surface area (Å²) in [6, 6.07) is 6.68. The third-order valence-corrected chi connectivity index (χ3v) is 2.62. The molecule has 0 aliphatic rings. The summed E-state index contributed by atoms with van der Waals surface area (Å²) in [7, 11) is 0. The predicted molar refractivity (Wildman–Crippen MR) is 71.3 cm³/mol. The standard InChI is InChI=1S/C14H15NO5/c16-8-11(9-17)7-10-1-3-12(4-2-10)15-13(18)5-6-14(19)20/h1-4,8-9,11H,5-7H2,(H,15,18)(H,19,20). The highest BCUT2D eigenvalue weighted by atomic mass is 16.4. The maximum Gasteiger partial charge on any atom is 0.303 e. The Morgan fingerprint density at radius 3 is 2.20 bits per heavy atom. The summed E-state index contributed by atoms with van der Waals surface area (Å²) in [6.45, 7) is 0. The first kappa shape index (κ1) is 15.6. The van der Waals surface area contributed by atoms with Crippen molar-refractivity contribution in [2.24, 2.45) is 5.92 Å². The monoisotopic (exact) mass is 277 g/mol. The molecule has 1 amide bonds. The molecule has 0 saturated carbocycles. The number of hydrogen-bond acceptors (Lipinski definition) is 4. The molecule has 0 atom stereocenters. The van der Waals surface area contributed by atoms with Crippen LogP contribution < -0.4 is 5.32 Å². The van der Waals surface area contributed by atoms with Crippen molar-refractivity contribution >= 4 is 30.1 Å². The molecule has 1 aromatic carbocycles. The average molecular weight is 277 g/mol. The molecule has 0 fully saturated rings. The zero-order chi connectivity index (χ0) is 15.0. The largest absolute Gasteiger partial charge is 0.481 e. The van der Waals surface area contributed by atoms with Gasteiger partial charge in [-0.2, -0.15) is 0 Å². The van der Waals surface area contributed by atoms with Crippen molar-refractivity contribution in [3.8, 4) is 0 Å². The van der Waals surface area contributed by atoms with Gasteiger partial charge in [-0.3, -0.25) is 9.59 Å². The number of carboxylic acids is 1. The van der Waals surface area contributed by atoms with Crippen LogP contribution in [-0.2, 0) is 25.6 Å². The molecule has 6 nitrogen and oxygen atoms in total. The number of carbonyl (C=O) groups excluding carboxylic acids is 3. The van der Waals surface area contributed by atoms with Crippen LogP contribution in [0.1, 0.15) is 18.4 Å². The Balaban J connectivity index is 2.53. The molecule has 0 aliphatic carbocycles. The van der Waals surface area contributed by atoms with Gasteiger partial charge in [-0.25, -0.2) is 0 Å². The van der Waals surface area contributed by atoms with Gasteiger partial charge in [0.2, 0.25) is 5.91 Å². The van der Waals surface area contributed by atoms with Crippen molar-refractivity contribution in [1.29, 1.82) is 0 Å². The first-order valence-electron chi connectivity index (χ1n) is 6.06.